The van der Waals surface area contributed by atoms with E-state index in [1.165, 1.54) is 11.3 Å². The molecule has 6 heteroatoms. The second-order valence-corrected chi connectivity index (χ2v) is 5.56. The van der Waals surface area contributed by atoms with Gasteiger partial charge in [0.25, 0.3) is 0 Å². The van der Waals surface area contributed by atoms with Gasteiger partial charge in [-0.2, -0.15) is 0 Å². The summed E-state index contributed by atoms with van der Waals surface area (Å²) in [5.74, 6) is -1.97. The highest BCUT2D eigenvalue weighted by Gasteiger charge is 2.20. The van der Waals surface area contributed by atoms with Crippen LogP contribution in [0.2, 0.25) is 10.0 Å². The van der Waals surface area contributed by atoms with Crippen LogP contribution >= 0.6 is 34.5 Å². The highest BCUT2D eigenvalue weighted by Crippen LogP contribution is 2.37. The molecule has 0 aliphatic carbocycles. The third-order valence-electron chi connectivity index (χ3n) is 2.58. The molecule has 1 aromatic carbocycles. The normalized spacial score (nSPS) is 12.8. The van der Waals surface area contributed by atoms with E-state index in [0.717, 1.165) is 17.7 Å². The minimum absolute atomic E-state index is 0.0866. The maximum Gasteiger partial charge on any atom is 0.160 e. The Hall–Kier alpha value is -0.680. The van der Waals surface area contributed by atoms with Crippen LogP contribution in [0.25, 0.3) is 0 Å². The van der Waals surface area contributed by atoms with Gasteiger partial charge in [0.15, 0.2) is 11.6 Å². The van der Waals surface area contributed by atoms with Crippen molar-refractivity contribution in [3.05, 3.63) is 55.2 Å². The minimum Gasteiger partial charge on any atom is -0.320 e. The van der Waals surface area contributed by atoms with Crippen molar-refractivity contribution in [3.8, 4) is 0 Å². The van der Waals surface area contributed by atoms with Crippen molar-refractivity contribution in [2.24, 2.45) is 5.73 Å². The molecule has 18 heavy (non-hydrogen) atoms. The fourth-order valence-electron chi connectivity index (χ4n) is 1.58. The van der Waals surface area contributed by atoms with Crippen molar-refractivity contribution in [2.75, 3.05) is 0 Å². The maximum absolute atomic E-state index is 13.2. The van der Waals surface area contributed by atoms with Crippen LogP contribution in [-0.2, 0) is 0 Å². The van der Waals surface area contributed by atoms with Gasteiger partial charge < -0.3 is 5.73 Å². The molecule has 0 fully saturated rings. The first-order valence-electron chi connectivity index (χ1n) is 5.05. The molecule has 0 bridgehead atoms. The molecular weight excluding hydrogens is 299 g/mol. The molecule has 2 rings (SSSR count). The Morgan fingerprint density at radius 2 is 1.83 bits per heavy atom. The number of benzene rings is 1. The molecule has 0 aliphatic heterocycles. The first-order chi connectivity index (χ1) is 8.41. The summed E-state index contributed by atoms with van der Waals surface area (Å²) in [7, 11) is 0. The lowest BCUT2D eigenvalue weighted by atomic mass is 10.1. The Bertz CT molecular complexity index is 598. The molecule has 2 aromatic rings. The smallest absolute Gasteiger partial charge is 0.160 e. The summed E-state index contributed by atoms with van der Waals surface area (Å²) in [4.78, 5) is 0.682. The number of aryl methyl sites for hydroxylation is 1. The minimum atomic E-state index is -0.996. The zero-order chi connectivity index (χ0) is 13.4. The van der Waals surface area contributed by atoms with Crippen molar-refractivity contribution in [3.63, 3.8) is 0 Å². The average Bonchev–Trinajstić information content (AvgIpc) is 2.64. The molecule has 0 amide bonds. The lowest BCUT2D eigenvalue weighted by molar-refractivity contribution is 0.506. The quantitative estimate of drug-likeness (QED) is 0.800. The second kappa shape index (κ2) is 5.13. The van der Waals surface area contributed by atoms with Gasteiger partial charge in [-0.05, 0) is 35.6 Å². The first kappa shape index (κ1) is 13.7. The third kappa shape index (κ3) is 2.38. The predicted molar refractivity (Wildman–Crippen MR) is 71.5 cm³/mol. The number of rotatable bonds is 2. The molecule has 0 radical (unpaired) electrons. The van der Waals surface area contributed by atoms with Crippen LogP contribution in [0.3, 0.4) is 0 Å². The topological polar surface area (TPSA) is 26.0 Å². The van der Waals surface area contributed by atoms with E-state index in [1.54, 1.807) is 0 Å². The average molecular weight is 308 g/mol. The highest BCUT2D eigenvalue weighted by atomic mass is 35.5. The molecule has 0 saturated heterocycles. The van der Waals surface area contributed by atoms with Crippen LogP contribution in [0.5, 0.6) is 0 Å². The largest absolute Gasteiger partial charge is 0.320 e. The van der Waals surface area contributed by atoms with Gasteiger partial charge >= 0.3 is 0 Å². The van der Waals surface area contributed by atoms with Gasteiger partial charge in [0, 0.05) is 9.90 Å². The van der Waals surface area contributed by atoms with Crippen LogP contribution in [0, 0.1) is 18.6 Å². The van der Waals surface area contributed by atoms with Crippen LogP contribution in [0.15, 0.2) is 17.5 Å². The van der Waals surface area contributed by atoms with E-state index in [4.69, 9.17) is 28.9 Å². The molecule has 1 aromatic heterocycles. The van der Waals surface area contributed by atoms with Gasteiger partial charge in [0.2, 0.25) is 0 Å². The number of nitrogens with two attached hydrogens (primary N) is 1. The van der Waals surface area contributed by atoms with Crippen molar-refractivity contribution in [1.82, 2.24) is 0 Å². The summed E-state index contributed by atoms with van der Waals surface area (Å²) in [6.45, 7) is 1.85. The van der Waals surface area contributed by atoms with E-state index in [-0.39, 0.29) is 5.02 Å². The summed E-state index contributed by atoms with van der Waals surface area (Å²) in [5, 5.41) is 2.47. The fraction of sp³-hybridized carbons (Fsp3) is 0.167. The van der Waals surface area contributed by atoms with E-state index < -0.39 is 17.7 Å². The van der Waals surface area contributed by atoms with Gasteiger partial charge in [-0.25, -0.2) is 8.78 Å². The summed E-state index contributed by atoms with van der Waals surface area (Å²) < 4.78 is 26.2. The molecule has 0 aliphatic rings. The fourth-order valence-corrected chi connectivity index (χ4v) is 3.17. The maximum atomic E-state index is 13.2. The molecule has 1 unspecified atom stereocenters. The van der Waals surface area contributed by atoms with Gasteiger partial charge in [-0.3, -0.25) is 0 Å². The van der Waals surface area contributed by atoms with E-state index in [0.29, 0.717) is 15.5 Å². The highest BCUT2D eigenvalue weighted by molar-refractivity contribution is 7.10. The number of hydrogen-bond donors (Lipinski definition) is 1. The number of halogens is 4. The standard InChI is InChI=1S/C12H9Cl2F2NS/c1-5-4-18-12(10(5)14)11(17)6-2-8(15)9(16)3-7(6)13/h2-4,11H,17H2,1H3. The molecule has 0 saturated carbocycles. The zero-order valence-electron chi connectivity index (χ0n) is 9.31. The molecule has 1 nitrogen and oxygen atoms in total. The molecule has 2 N–H and O–H groups in total. The molecular formula is C12H9Cl2F2NS. The van der Waals surface area contributed by atoms with E-state index in [9.17, 15) is 8.78 Å². The van der Waals surface area contributed by atoms with Gasteiger partial charge in [-0.15, -0.1) is 11.3 Å². The Labute approximate surface area is 117 Å². The Kier molecular flexibility index (Phi) is 3.92. The van der Waals surface area contributed by atoms with Crippen LogP contribution < -0.4 is 5.73 Å². The summed E-state index contributed by atoms with van der Waals surface area (Å²) in [6.07, 6.45) is 0. The number of hydrogen-bond acceptors (Lipinski definition) is 2. The second-order valence-electron chi connectivity index (χ2n) is 3.86. The van der Waals surface area contributed by atoms with E-state index >= 15 is 0 Å². The van der Waals surface area contributed by atoms with Crippen LogP contribution in [-0.4, -0.2) is 0 Å². The summed E-state index contributed by atoms with van der Waals surface area (Å²) >= 11 is 13.3. The SMILES string of the molecule is Cc1csc(C(N)c2cc(F)c(F)cc2Cl)c1Cl. The lowest BCUT2D eigenvalue weighted by Gasteiger charge is -2.13. The molecule has 96 valence electrons. The summed E-state index contributed by atoms with van der Waals surface area (Å²) in [5.41, 5.74) is 7.22. The molecule has 1 atom stereocenters. The van der Waals surface area contributed by atoms with Crippen molar-refractivity contribution >= 4 is 34.5 Å². The van der Waals surface area contributed by atoms with Gasteiger partial charge in [-0.1, -0.05) is 23.2 Å². The molecule has 1 heterocycles. The number of thiophene rings is 1. The summed E-state index contributed by atoms with van der Waals surface area (Å²) in [6, 6.07) is 1.26. The lowest BCUT2D eigenvalue weighted by Crippen LogP contribution is -2.12. The predicted octanol–water partition coefficient (Wildman–Crippen LogP) is 4.69. The van der Waals surface area contributed by atoms with Gasteiger partial charge in [0.05, 0.1) is 11.1 Å². The Balaban J connectivity index is 2.49. The molecule has 0 spiro atoms. The monoisotopic (exact) mass is 307 g/mol. The van der Waals surface area contributed by atoms with Crippen LogP contribution in [0.4, 0.5) is 8.78 Å². The zero-order valence-corrected chi connectivity index (χ0v) is 11.6. The van der Waals surface area contributed by atoms with Crippen LogP contribution in [0.1, 0.15) is 22.0 Å². The Morgan fingerprint density at radius 1 is 1.22 bits per heavy atom. The third-order valence-corrected chi connectivity index (χ3v) is 4.71. The Morgan fingerprint density at radius 3 is 2.39 bits per heavy atom. The van der Waals surface area contributed by atoms with Gasteiger partial charge in [0.1, 0.15) is 0 Å². The first-order valence-corrected chi connectivity index (χ1v) is 6.69. The van der Waals surface area contributed by atoms with Crippen molar-refractivity contribution in [2.45, 2.75) is 13.0 Å². The van der Waals surface area contributed by atoms with E-state index in [2.05, 4.69) is 0 Å². The van der Waals surface area contributed by atoms with E-state index in [1.807, 2.05) is 12.3 Å². The van der Waals surface area contributed by atoms with Crippen molar-refractivity contribution in [1.29, 1.82) is 0 Å². The van der Waals surface area contributed by atoms with Crippen molar-refractivity contribution < 1.29 is 8.78 Å².